The number of carbonyl (C=O) groups excluding carboxylic acids is 1. The van der Waals surface area contributed by atoms with Crippen molar-refractivity contribution in [2.45, 2.75) is 12.1 Å². The van der Waals surface area contributed by atoms with Gasteiger partial charge in [-0.1, -0.05) is 0 Å². The molecule has 0 radical (unpaired) electrons. The fraction of sp³-hybridized carbons (Fsp3) is 0.286. The minimum atomic E-state index is -1.02. The molecule has 2 rings (SSSR count). The van der Waals surface area contributed by atoms with Crippen LogP contribution < -0.4 is 5.73 Å². The minimum absolute atomic E-state index is 0. The number of nitrogens with two attached hydrogens (primary N) is 1. The number of hydrogen-bond acceptors (Lipinski definition) is 4. The average molecular weight is 206 g/mol. The van der Waals surface area contributed by atoms with Crippen LogP contribution in [0.1, 0.15) is 21.3 Å². The Labute approximate surface area is 79.6 Å². The van der Waals surface area contributed by atoms with Gasteiger partial charge in [0, 0.05) is 0 Å². The van der Waals surface area contributed by atoms with Crippen LogP contribution >= 0.6 is 23.7 Å². The molecule has 0 fully saturated rings. The molecule has 0 bridgehead atoms. The monoisotopic (exact) mass is 205 g/mol. The predicted molar refractivity (Wildman–Crippen MR) is 48.8 cm³/mol. The lowest BCUT2D eigenvalue weighted by molar-refractivity contribution is 0.0739. The second-order valence-corrected chi connectivity index (χ2v) is 3.46. The summed E-state index contributed by atoms with van der Waals surface area (Å²) in [5.74, 6) is -0.234. The maximum absolute atomic E-state index is 11.1. The molecule has 66 valence electrons. The van der Waals surface area contributed by atoms with E-state index in [4.69, 9.17) is 5.73 Å². The Balaban J connectivity index is 0.000000720. The number of rotatable bonds is 0. The number of halogens is 1. The summed E-state index contributed by atoms with van der Waals surface area (Å²) in [7, 11) is 0. The van der Waals surface area contributed by atoms with E-state index in [0.29, 0.717) is 4.88 Å². The summed E-state index contributed by atoms with van der Waals surface area (Å²) >= 11 is 1.34. The van der Waals surface area contributed by atoms with Crippen molar-refractivity contribution in [1.29, 1.82) is 0 Å². The molecule has 1 aliphatic carbocycles. The first-order chi connectivity index (χ1) is 5.22. The van der Waals surface area contributed by atoms with Gasteiger partial charge in [0.1, 0.15) is 6.10 Å². The van der Waals surface area contributed by atoms with Gasteiger partial charge >= 0.3 is 0 Å². The highest BCUT2D eigenvalue weighted by Crippen LogP contribution is 2.33. The van der Waals surface area contributed by atoms with Crippen molar-refractivity contribution in [3.8, 4) is 0 Å². The highest BCUT2D eigenvalue weighted by atomic mass is 35.5. The van der Waals surface area contributed by atoms with Gasteiger partial charge in [-0.3, -0.25) is 4.79 Å². The number of hydrogen-bond donors (Lipinski definition) is 2. The topological polar surface area (TPSA) is 63.3 Å². The molecule has 1 aromatic heterocycles. The largest absolute Gasteiger partial charge is 0.383 e. The van der Waals surface area contributed by atoms with E-state index in [0.717, 1.165) is 5.56 Å². The number of thiophene rings is 1. The lowest BCUT2D eigenvalue weighted by atomic mass is 10.2. The molecule has 2 unspecified atom stereocenters. The van der Waals surface area contributed by atoms with E-state index in [-0.39, 0.29) is 18.2 Å². The molecule has 12 heavy (non-hydrogen) atoms. The standard InChI is InChI=1S/C7H7NO2S.ClH/c8-4-3-1-2-11-7(3)6(10)5(4)9;/h1-2,4-5,9H,8H2;1H. The molecule has 0 spiro atoms. The minimum Gasteiger partial charge on any atom is -0.383 e. The summed E-state index contributed by atoms with van der Waals surface area (Å²) in [6, 6.07) is 1.28. The van der Waals surface area contributed by atoms with Crippen molar-refractivity contribution in [1.82, 2.24) is 0 Å². The first-order valence-electron chi connectivity index (χ1n) is 3.27. The maximum Gasteiger partial charge on any atom is 0.203 e. The molecule has 0 aromatic carbocycles. The van der Waals surface area contributed by atoms with E-state index < -0.39 is 12.1 Å². The first-order valence-corrected chi connectivity index (χ1v) is 4.15. The summed E-state index contributed by atoms with van der Waals surface area (Å²) in [5.41, 5.74) is 6.35. The summed E-state index contributed by atoms with van der Waals surface area (Å²) in [4.78, 5) is 11.8. The van der Waals surface area contributed by atoms with E-state index in [1.807, 2.05) is 5.38 Å². The van der Waals surface area contributed by atoms with Crippen LogP contribution in [0.5, 0.6) is 0 Å². The Bertz CT molecular complexity index is 312. The fourth-order valence-electron chi connectivity index (χ4n) is 1.25. The molecule has 0 amide bonds. The number of fused-ring (bicyclic) bond motifs is 1. The van der Waals surface area contributed by atoms with Gasteiger partial charge in [0.2, 0.25) is 5.78 Å². The number of Topliss-reactive ketones (excluding diaryl/α,β-unsaturated/α-hetero) is 1. The van der Waals surface area contributed by atoms with Crippen LogP contribution in [-0.2, 0) is 0 Å². The van der Waals surface area contributed by atoms with Crippen molar-refractivity contribution in [2.75, 3.05) is 0 Å². The molecular weight excluding hydrogens is 198 g/mol. The van der Waals surface area contributed by atoms with Gasteiger partial charge < -0.3 is 10.8 Å². The molecule has 3 N–H and O–H groups in total. The molecule has 2 atom stereocenters. The van der Waals surface area contributed by atoms with Gasteiger partial charge in [-0.25, -0.2) is 0 Å². The van der Waals surface area contributed by atoms with Crippen LogP contribution in [0.15, 0.2) is 11.4 Å². The predicted octanol–water partition coefficient (Wildman–Crippen LogP) is 0.727. The van der Waals surface area contributed by atoms with Crippen molar-refractivity contribution in [2.24, 2.45) is 5.73 Å². The summed E-state index contributed by atoms with van der Waals surface area (Å²) in [6.07, 6.45) is -1.02. The van der Waals surface area contributed by atoms with Crippen LogP contribution in [0.3, 0.4) is 0 Å². The van der Waals surface area contributed by atoms with E-state index in [1.165, 1.54) is 11.3 Å². The molecule has 1 aliphatic rings. The lowest BCUT2D eigenvalue weighted by Gasteiger charge is -2.05. The zero-order valence-electron chi connectivity index (χ0n) is 6.06. The van der Waals surface area contributed by atoms with Crippen molar-refractivity contribution in [3.05, 3.63) is 21.9 Å². The quantitative estimate of drug-likeness (QED) is 0.656. The van der Waals surface area contributed by atoms with Crippen LogP contribution in [-0.4, -0.2) is 17.0 Å². The first kappa shape index (κ1) is 9.67. The lowest BCUT2D eigenvalue weighted by Crippen LogP contribution is -2.25. The Hall–Kier alpha value is -0.420. The normalized spacial score (nSPS) is 26.7. The van der Waals surface area contributed by atoms with Crippen molar-refractivity contribution in [3.63, 3.8) is 0 Å². The van der Waals surface area contributed by atoms with Crippen LogP contribution in [0.4, 0.5) is 0 Å². The van der Waals surface area contributed by atoms with E-state index in [2.05, 4.69) is 0 Å². The average Bonchev–Trinajstić information content (AvgIpc) is 2.53. The smallest absolute Gasteiger partial charge is 0.203 e. The summed E-state index contributed by atoms with van der Waals surface area (Å²) in [6.45, 7) is 0. The van der Waals surface area contributed by atoms with E-state index >= 15 is 0 Å². The van der Waals surface area contributed by atoms with Crippen LogP contribution in [0, 0.1) is 0 Å². The van der Waals surface area contributed by atoms with Gasteiger partial charge in [-0.05, 0) is 17.0 Å². The molecule has 0 saturated heterocycles. The van der Waals surface area contributed by atoms with E-state index in [1.54, 1.807) is 6.07 Å². The number of ketones is 1. The van der Waals surface area contributed by atoms with Crippen molar-refractivity contribution >= 4 is 29.5 Å². The maximum atomic E-state index is 11.1. The third kappa shape index (κ3) is 1.08. The van der Waals surface area contributed by atoms with Crippen LogP contribution in [0.25, 0.3) is 0 Å². The zero-order chi connectivity index (χ0) is 8.01. The molecule has 0 saturated carbocycles. The number of aliphatic hydroxyl groups excluding tert-OH is 1. The van der Waals surface area contributed by atoms with Gasteiger partial charge in [0.05, 0.1) is 10.9 Å². The van der Waals surface area contributed by atoms with Crippen molar-refractivity contribution < 1.29 is 9.90 Å². The molecular formula is C7H8ClNO2S. The third-order valence-corrected chi connectivity index (χ3v) is 2.83. The van der Waals surface area contributed by atoms with E-state index in [9.17, 15) is 9.90 Å². The summed E-state index contributed by atoms with van der Waals surface area (Å²) in [5, 5.41) is 11.0. The Morgan fingerprint density at radius 1 is 1.58 bits per heavy atom. The third-order valence-electron chi connectivity index (χ3n) is 1.89. The molecule has 0 aliphatic heterocycles. The van der Waals surface area contributed by atoms with Gasteiger partial charge in [0.15, 0.2) is 0 Å². The fourth-order valence-corrected chi connectivity index (χ4v) is 2.18. The zero-order valence-corrected chi connectivity index (χ0v) is 7.69. The second-order valence-electron chi connectivity index (χ2n) is 2.54. The Morgan fingerprint density at radius 2 is 2.25 bits per heavy atom. The molecule has 5 heteroatoms. The SMILES string of the molecule is Cl.NC1c2ccsc2C(=O)C1O. The summed E-state index contributed by atoms with van der Waals surface area (Å²) < 4.78 is 0. The van der Waals surface area contributed by atoms with Gasteiger partial charge in [-0.15, -0.1) is 23.7 Å². The highest BCUT2D eigenvalue weighted by molar-refractivity contribution is 7.12. The number of aliphatic hydroxyl groups is 1. The van der Waals surface area contributed by atoms with Gasteiger partial charge in [0.25, 0.3) is 0 Å². The molecule has 1 heterocycles. The molecule has 3 nitrogen and oxygen atoms in total. The Morgan fingerprint density at radius 3 is 2.83 bits per heavy atom. The van der Waals surface area contributed by atoms with Crippen LogP contribution in [0.2, 0.25) is 0 Å². The van der Waals surface area contributed by atoms with Gasteiger partial charge in [-0.2, -0.15) is 0 Å². The highest BCUT2D eigenvalue weighted by Gasteiger charge is 2.36. The second kappa shape index (κ2) is 3.14. The number of carbonyl (C=O) groups is 1. The Kier molecular flexibility index (Phi) is 2.53. The molecule has 1 aromatic rings.